The summed E-state index contributed by atoms with van der Waals surface area (Å²) < 4.78 is 0.990. The zero-order valence-electron chi connectivity index (χ0n) is 10.3. The van der Waals surface area contributed by atoms with Crippen molar-refractivity contribution in [1.29, 1.82) is 0 Å². The van der Waals surface area contributed by atoms with Gasteiger partial charge in [0.2, 0.25) is 0 Å². The summed E-state index contributed by atoms with van der Waals surface area (Å²) in [6.07, 6.45) is 1.00. The Morgan fingerprint density at radius 3 is 1.80 bits per heavy atom. The van der Waals surface area contributed by atoms with Crippen LogP contribution in [0.3, 0.4) is 0 Å². The second kappa shape index (κ2) is 8.75. The quantitative estimate of drug-likeness (QED) is 0.632. The van der Waals surface area contributed by atoms with Gasteiger partial charge < -0.3 is 16.9 Å². The van der Waals surface area contributed by atoms with Gasteiger partial charge in [-0.2, -0.15) is 0 Å². The third-order valence-electron chi connectivity index (χ3n) is 1.50. The zero-order chi connectivity index (χ0) is 11.0. The van der Waals surface area contributed by atoms with Crippen LogP contribution in [0.1, 0.15) is 18.9 Å². The Balaban J connectivity index is 0. The lowest BCUT2D eigenvalue weighted by Crippen LogP contribution is -3.00. The predicted molar refractivity (Wildman–Crippen MR) is 63.8 cm³/mol. The topological polar surface area (TPSA) is 0 Å². The fourth-order valence-electron chi connectivity index (χ4n) is 1.13. The van der Waals surface area contributed by atoms with Gasteiger partial charge >= 0.3 is 0 Å². The van der Waals surface area contributed by atoms with Gasteiger partial charge in [0.05, 0.1) is 21.1 Å². The summed E-state index contributed by atoms with van der Waals surface area (Å²) in [4.78, 5) is 0. The number of nitrogens with zero attached hydrogens (tertiary/aromatic N) is 1. The number of hydrogen-bond donors (Lipinski definition) is 0. The molecule has 0 N–H and O–H groups in total. The number of hydrogen-bond acceptors (Lipinski definition) is 0. The van der Waals surface area contributed by atoms with Crippen LogP contribution in [-0.4, -0.2) is 25.6 Å². The summed E-state index contributed by atoms with van der Waals surface area (Å²) in [5, 5.41) is 0. The molecular weight excluding hydrogens is 206 g/mol. The molecule has 0 heterocycles. The standard InChI is InChI=1S/C10H16N.C3H7.ClH/c1-11(2,3)9-10-7-5-4-6-8-10;1-3-2;/h4-8H,9H2,1-3H3;1,3H2,2H3;1H/q+1;;/p-1. The Labute approximate surface area is 101 Å². The fourth-order valence-corrected chi connectivity index (χ4v) is 1.13. The van der Waals surface area contributed by atoms with Crippen molar-refractivity contribution in [3.8, 4) is 0 Å². The Kier molecular flexibility index (Phi) is 9.85. The second-order valence-corrected chi connectivity index (χ2v) is 4.43. The van der Waals surface area contributed by atoms with Crippen LogP contribution in [0.15, 0.2) is 30.3 Å². The van der Waals surface area contributed by atoms with Crippen molar-refractivity contribution in [1.82, 2.24) is 0 Å². The molecule has 2 heteroatoms. The van der Waals surface area contributed by atoms with E-state index in [1.807, 2.05) is 6.92 Å². The lowest BCUT2D eigenvalue weighted by Gasteiger charge is -2.23. The summed E-state index contributed by atoms with van der Waals surface area (Å²) in [7, 11) is 6.60. The van der Waals surface area contributed by atoms with Gasteiger partial charge in [0.25, 0.3) is 0 Å². The van der Waals surface area contributed by atoms with Gasteiger partial charge in [-0.25, -0.2) is 0 Å². The van der Waals surface area contributed by atoms with E-state index in [9.17, 15) is 0 Å². The summed E-state index contributed by atoms with van der Waals surface area (Å²) in [5.41, 5.74) is 1.40. The summed E-state index contributed by atoms with van der Waals surface area (Å²) in [6.45, 7) is 6.60. The molecule has 0 fully saturated rings. The van der Waals surface area contributed by atoms with Gasteiger partial charge in [0.1, 0.15) is 6.54 Å². The maximum Gasteiger partial charge on any atom is 0.104 e. The first-order valence-electron chi connectivity index (χ1n) is 5.13. The number of rotatable bonds is 2. The molecule has 87 valence electrons. The first-order chi connectivity index (χ1) is 6.49. The van der Waals surface area contributed by atoms with Gasteiger partial charge in [-0.3, -0.25) is 0 Å². The largest absolute Gasteiger partial charge is 1.00 e. The van der Waals surface area contributed by atoms with E-state index < -0.39 is 0 Å². The van der Waals surface area contributed by atoms with E-state index in [0.717, 1.165) is 17.4 Å². The van der Waals surface area contributed by atoms with Crippen molar-refractivity contribution in [2.75, 3.05) is 21.1 Å². The average Bonchev–Trinajstić information content (AvgIpc) is 2.04. The van der Waals surface area contributed by atoms with E-state index in [1.165, 1.54) is 5.56 Å². The maximum atomic E-state index is 3.49. The second-order valence-electron chi connectivity index (χ2n) is 4.43. The fraction of sp³-hybridized carbons (Fsp3) is 0.462. The molecule has 1 aromatic carbocycles. The minimum absolute atomic E-state index is 0. The summed E-state index contributed by atoms with van der Waals surface area (Å²) in [6, 6.07) is 10.6. The minimum atomic E-state index is 0. The highest BCUT2D eigenvalue weighted by Crippen LogP contribution is 2.05. The van der Waals surface area contributed by atoms with Crippen LogP contribution >= 0.6 is 0 Å². The summed E-state index contributed by atoms with van der Waals surface area (Å²) in [5.74, 6) is 0. The predicted octanol–water partition coefficient (Wildman–Crippen LogP) is 0.127. The van der Waals surface area contributed by atoms with Gasteiger partial charge in [0.15, 0.2) is 0 Å². The summed E-state index contributed by atoms with van der Waals surface area (Å²) >= 11 is 0. The molecule has 0 atom stereocenters. The van der Waals surface area contributed by atoms with Crippen LogP contribution in [0.25, 0.3) is 0 Å². The molecule has 0 spiro atoms. The van der Waals surface area contributed by atoms with Crippen molar-refractivity contribution in [2.24, 2.45) is 0 Å². The normalized spacial score (nSPS) is 9.67. The van der Waals surface area contributed by atoms with Crippen LogP contribution in [-0.2, 0) is 6.54 Å². The van der Waals surface area contributed by atoms with Crippen molar-refractivity contribution in [2.45, 2.75) is 19.9 Å². The molecule has 0 unspecified atom stereocenters. The highest BCUT2D eigenvalue weighted by Gasteiger charge is 2.06. The van der Waals surface area contributed by atoms with Gasteiger partial charge in [-0.05, 0) is 0 Å². The molecule has 0 bridgehead atoms. The highest BCUT2D eigenvalue weighted by molar-refractivity contribution is 5.13. The molecule has 15 heavy (non-hydrogen) atoms. The van der Waals surface area contributed by atoms with E-state index in [2.05, 4.69) is 58.4 Å². The molecule has 0 aliphatic carbocycles. The highest BCUT2D eigenvalue weighted by atomic mass is 35.5. The average molecular weight is 229 g/mol. The van der Waals surface area contributed by atoms with Crippen LogP contribution in [0.5, 0.6) is 0 Å². The van der Waals surface area contributed by atoms with E-state index in [1.54, 1.807) is 0 Å². The SMILES string of the molecule is C[N+](C)(C)Cc1ccccc1.[CH2]CC.[Cl-]. The van der Waals surface area contributed by atoms with Crippen molar-refractivity contribution in [3.05, 3.63) is 42.8 Å². The molecule has 1 aromatic rings. The third kappa shape index (κ3) is 11.4. The molecule has 0 saturated heterocycles. The number of quaternary nitrogens is 1. The van der Waals surface area contributed by atoms with Crippen molar-refractivity contribution < 1.29 is 16.9 Å². The lowest BCUT2D eigenvalue weighted by atomic mass is 10.2. The first kappa shape index (κ1) is 16.9. The van der Waals surface area contributed by atoms with Crippen LogP contribution in [0.2, 0.25) is 0 Å². The molecule has 1 rings (SSSR count). The van der Waals surface area contributed by atoms with Gasteiger partial charge in [-0.1, -0.05) is 50.6 Å². The van der Waals surface area contributed by atoms with Crippen molar-refractivity contribution >= 4 is 0 Å². The van der Waals surface area contributed by atoms with E-state index in [-0.39, 0.29) is 12.4 Å². The minimum Gasteiger partial charge on any atom is -1.00 e. The zero-order valence-corrected chi connectivity index (χ0v) is 11.1. The van der Waals surface area contributed by atoms with Crippen LogP contribution in [0.4, 0.5) is 0 Å². The van der Waals surface area contributed by atoms with Crippen LogP contribution in [0, 0.1) is 6.92 Å². The molecule has 0 aromatic heterocycles. The Morgan fingerprint density at radius 1 is 1.07 bits per heavy atom. The smallest absolute Gasteiger partial charge is 0.104 e. The molecule has 0 aliphatic heterocycles. The van der Waals surface area contributed by atoms with E-state index in [0.29, 0.717) is 0 Å². The number of halogens is 1. The van der Waals surface area contributed by atoms with E-state index in [4.69, 9.17) is 0 Å². The molecule has 1 nitrogen and oxygen atoms in total. The van der Waals surface area contributed by atoms with Gasteiger partial charge in [0, 0.05) is 5.56 Å². The van der Waals surface area contributed by atoms with Crippen LogP contribution < -0.4 is 12.4 Å². The van der Waals surface area contributed by atoms with Crippen molar-refractivity contribution in [3.63, 3.8) is 0 Å². The Morgan fingerprint density at radius 2 is 1.47 bits per heavy atom. The molecule has 0 aliphatic rings. The molecule has 0 amide bonds. The maximum absolute atomic E-state index is 3.49. The Hall–Kier alpha value is -0.530. The number of benzene rings is 1. The molecular formula is C13H23ClN. The first-order valence-corrected chi connectivity index (χ1v) is 5.13. The lowest BCUT2D eigenvalue weighted by molar-refractivity contribution is -0.884. The molecule has 0 saturated carbocycles. The Bertz CT molecular complexity index is 226. The van der Waals surface area contributed by atoms with Gasteiger partial charge in [-0.15, -0.1) is 0 Å². The third-order valence-corrected chi connectivity index (χ3v) is 1.50. The molecule has 1 radical (unpaired) electrons. The monoisotopic (exact) mass is 228 g/mol. The van der Waals surface area contributed by atoms with E-state index >= 15 is 0 Å².